The van der Waals surface area contributed by atoms with Gasteiger partial charge in [-0.15, -0.1) is 12.4 Å². The van der Waals surface area contributed by atoms with E-state index in [1.165, 1.54) is 4.90 Å². The van der Waals surface area contributed by atoms with Gasteiger partial charge >= 0.3 is 0 Å². The highest BCUT2D eigenvalue weighted by Gasteiger charge is 2.72. The summed E-state index contributed by atoms with van der Waals surface area (Å²) >= 11 is 0. The second-order valence-corrected chi connectivity index (χ2v) is 7.64. The molecule has 1 aliphatic carbocycles. The molecule has 1 aromatic heterocycles. The van der Waals surface area contributed by atoms with Gasteiger partial charge in [-0.1, -0.05) is 0 Å². The van der Waals surface area contributed by atoms with Gasteiger partial charge in [0, 0.05) is 25.8 Å². The molecule has 3 heterocycles. The topological polar surface area (TPSA) is 54.3 Å². The molecule has 1 N–H and O–H groups in total. The highest BCUT2D eigenvalue weighted by molar-refractivity contribution is 5.95. The number of rotatable bonds is 3. The van der Waals surface area contributed by atoms with Gasteiger partial charge in [-0.05, 0) is 50.4 Å². The number of halogens is 3. The van der Waals surface area contributed by atoms with Crippen molar-refractivity contribution in [2.24, 2.45) is 17.8 Å². The molecule has 1 aromatic rings. The SMILES string of the molecule is Cc1ccn(CC2CCCNC2)c(=O)c1C(=O)N1CC2C(C1)C2(F)F.Cl. The molecular weight excluding hydrogens is 364 g/mol. The Balaban J connectivity index is 0.00000196. The number of aryl methyl sites for hydroxylation is 1. The van der Waals surface area contributed by atoms with Crippen LogP contribution in [0, 0.1) is 24.7 Å². The summed E-state index contributed by atoms with van der Waals surface area (Å²) in [5.41, 5.74) is 0.444. The number of likely N-dealkylation sites (tertiary alicyclic amines) is 1. The molecule has 0 radical (unpaired) electrons. The third kappa shape index (κ3) is 3.16. The molecule has 2 saturated heterocycles. The second kappa shape index (κ2) is 6.93. The van der Waals surface area contributed by atoms with Crippen LogP contribution in [0.25, 0.3) is 0 Å². The molecule has 3 unspecified atom stereocenters. The number of alkyl halides is 2. The number of nitrogens with one attached hydrogen (secondary N) is 1. The summed E-state index contributed by atoms with van der Waals surface area (Å²) in [6.07, 6.45) is 3.88. The molecule has 5 nitrogen and oxygen atoms in total. The van der Waals surface area contributed by atoms with E-state index in [4.69, 9.17) is 0 Å². The first-order valence-electron chi connectivity index (χ1n) is 8.97. The Bertz CT molecular complexity index is 747. The van der Waals surface area contributed by atoms with Crippen molar-refractivity contribution in [2.75, 3.05) is 26.2 Å². The Kier molecular flexibility index (Phi) is 5.14. The number of pyridine rings is 1. The Morgan fingerprint density at radius 1 is 1.35 bits per heavy atom. The van der Waals surface area contributed by atoms with E-state index < -0.39 is 23.7 Å². The van der Waals surface area contributed by atoms with Crippen LogP contribution >= 0.6 is 12.4 Å². The summed E-state index contributed by atoms with van der Waals surface area (Å²) < 4.78 is 28.3. The minimum absolute atomic E-state index is 0. The van der Waals surface area contributed by atoms with E-state index in [9.17, 15) is 18.4 Å². The molecule has 1 saturated carbocycles. The zero-order valence-electron chi connectivity index (χ0n) is 14.7. The van der Waals surface area contributed by atoms with Gasteiger partial charge < -0.3 is 14.8 Å². The lowest BCUT2D eigenvalue weighted by Crippen LogP contribution is -2.40. The van der Waals surface area contributed by atoms with Gasteiger partial charge in [0.15, 0.2) is 0 Å². The molecule has 3 atom stereocenters. The molecule has 2 aliphatic heterocycles. The zero-order chi connectivity index (χ0) is 17.8. The first-order valence-corrected chi connectivity index (χ1v) is 8.97. The van der Waals surface area contributed by atoms with Crippen LogP contribution in [0.3, 0.4) is 0 Å². The number of piperidine rings is 2. The average Bonchev–Trinajstić information content (AvgIpc) is 2.95. The zero-order valence-corrected chi connectivity index (χ0v) is 15.5. The molecule has 144 valence electrons. The van der Waals surface area contributed by atoms with Crippen molar-refractivity contribution in [3.8, 4) is 0 Å². The highest BCUT2D eigenvalue weighted by Crippen LogP contribution is 2.59. The molecule has 8 heteroatoms. The molecule has 1 amide bonds. The highest BCUT2D eigenvalue weighted by atomic mass is 35.5. The number of carbonyl (C=O) groups excluding carboxylic acids is 1. The van der Waals surface area contributed by atoms with Crippen LogP contribution in [0.4, 0.5) is 8.78 Å². The van der Waals surface area contributed by atoms with Gasteiger partial charge in [-0.25, -0.2) is 8.78 Å². The molecule has 0 spiro atoms. The van der Waals surface area contributed by atoms with Gasteiger partial charge in [0.05, 0.1) is 11.8 Å². The van der Waals surface area contributed by atoms with Crippen molar-refractivity contribution in [2.45, 2.75) is 32.2 Å². The molecule has 3 fully saturated rings. The first-order chi connectivity index (χ1) is 11.9. The van der Waals surface area contributed by atoms with Crippen LogP contribution in [0.5, 0.6) is 0 Å². The predicted molar refractivity (Wildman–Crippen MR) is 96.1 cm³/mol. The van der Waals surface area contributed by atoms with Crippen molar-refractivity contribution < 1.29 is 13.6 Å². The van der Waals surface area contributed by atoms with E-state index in [-0.39, 0.29) is 36.6 Å². The summed E-state index contributed by atoms with van der Waals surface area (Å²) in [6.45, 7) is 4.29. The van der Waals surface area contributed by atoms with Crippen molar-refractivity contribution in [1.82, 2.24) is 14.8 Å². The van der Waals surface area contributed by atoms with Crippen molar-refractivity contribution in [1.29, 1.82) is 0 Å². The predicted octanol–water partition coefficient (Wildman–Crippen LogP) is 1.92. The van der Waals surface area contributed by atoms with Crippen LogP contribution in [0.15, 0.2) is 17.1 Å². The van der Waals surface area contributed by atoms with Crippen molar-refractivity contribution in [3.63, 3.8) is 0 Å². The maximum atomic E-state index is 13.4. The largest absolute Gasteiger partial charge is 0.337 e. The lowest BCUT2D eigenvalue weighted by atomic mass is 9.99. The first kappa shape index (κ1) is 19.3. The van der Waals surface area contributed by atoms with Gasteiger partial charge in [0.1, 0.15) is 5.56 Å². The maximum Gasteiger partial charge on any atom is 0.263 e. The lowest BCUT2D eigenvalue weighted by Gasteiger charge is -2.24. The number of hydrogen-bond donors (Lipinski definition) is 1. The van der Waals surface area contributed by atoms with E-state index in [0.29, 0.717) is 18.0 Å². The molecule has 0 bridgehead atoms. The fourth-order valence-corrected chi connectivity index (χ4v) is 4.26. The fraction of sp³-hybridized carbons (Fsp3) is 0.667. The molecule has 0 aromatic carbocycles. The van der Waals surface area contributed by atoms with E-state index in [1.54, 1.807) is 23.8 Å². The minimum Gasteiger partial charge on any atom is -0.337 e. The Morgan fingerprint density at radius 3 is 2.65 bits per heavy atom. The average molecular weight is 388 g/mol. The van der Waals surface area contributed by atoms with Gasteiger partial charge in [-0.2, -0.15) is 0 Å². The standard InChI is InChI=1S/C18H23F2N3O2.ClH/c1-11-4-6-22(8-12-3-2-5-21-7-12)16(24)15(11)17(25)23-9-13-14(10-23)18(13,19)20;/h4,6,12-14,21H,2-3,5,7-10H2,1H3;1H. The maximum absolute atomic E-state index is 13.4. The normalized spacial score (nSPS) is 29.0. The summed E-state index contributed by atoms with van der Waals surface area (Å²) in [6, 6.07) is 1.77. The molecular formula is C18H24ClF2N3O2. The van der Waals surface area contributed by atoms with Crippen LogP contribution in [-0.2, 0) is 6.54 Å². The number of aromatic nitrogens is 1. The number of amides is 1. The van der Waals surface area contributed by atoms with Crippen molar-refractivity contribution >= 4 is 18.3 Å². The number of fused-ring (bicyclic) bond motifs is 1. The molecule has 4 rings (SSSR count). The van der Waals surface area contributed by atoms with Crippen LogP contribution in [-0.4, -0.2) is 47.5 Å². The van der Waals surface area contributed by atoms with Gasteiger partial charge in [0.25, 0.3) is 17.4 Å². The quantitative estimate of drug-likeness (QED) is 0.862. The smallest absolute Gasteiger partial charge is 0.263 e. The Hall–Kier alpha value is -1.47. The fourth-order valence-electron chi connectivity index (χ4n) is 4.26. The third-order valence-corrected chi connectivity index (χ3v) is 5.93. The molecule has 3 aliphatic rings. The number of carbonyl (C=O) groups is 1. The number of nitrogens with zero attached hydrogens (tertiary/aromatic N) is 2. The van der Waals surface area contributed by atoms with Crippen molar-refractivity contribution in [3.05, 3.63) is 33.7 Å². The van der Waals surface area contributed by atoms with Gasteiger partial charge in [-0.3, -0.25) is 9.59 Å². The second-order valence-electron chi connectivity index (χ2n) is 7.64. The third-order valence-electron chi connectivity index (χ3n) is 5.93. The number of hydrogen-bond acceptors (Lipinski definition) is 3. The van der Waals surface area contributed by atoms with Gasteiger partial charge in [0.2, 0.25) is 0 Å². The molecule has 26 heavy (non-hydrogen) atoms. The van der Waals surface area contributed by atoms with E-state index in [0.717, 1.165) is 25.9 Å². The monoisotopic (exact) mass is 387 g/mol. The Morgan fingerprint density at radius 2 is 2.04 bits per heavy atom. The Labute approximate surface area is 157 Å². The van der Waals surface area contributed by atoms with Crippen LogP contribution < -0.4 is 10.9 Å². The summed E-state index contributed by atoms with van der Waals surface area (Å²) in [4.78, 5) is 27.0. The lowest BCUT2D eigenvalue weighted by molar-refractivity contribution is 0.0457. The minimum atomic E-state index is -2.63. The summed E-state index contributed by atoms with van der Waals surface area (Å²) in [7, 11) is 0. The van der Waals surface area contributed by atoms with Crippen LogP contribution in [0.2, 0.25) is 0 Å². The summed E-state index contributed by atoms with van der Waals surface area (Å²) in [5.74, 6) is -4.11. The van der Waals surface area contributed by atoms with Crippen LogP contribution in [0.1, 0.15) is 28.8 Å². The summed E-state index contributed by atoms with van der Waals surface area (Å²) in [5, 5.41) is 3.32. The van der Waals surface area contributed by atoms with E-state index in [1.807, 2.05) is 0 Å². The van der Waals surface area contributed by atoms with E-state index >= 15 is 0 Å². The van der Waals surface area contributed by atoms with E-state index in [2.05, 4.69) is 5.32 Å².